The Morgan fingerprint density at radius 1 is 1.40 bits per heavy atom. The summed E-state index contributed by atoms with van der Waals surface area (Å²) >= 11 is 0. The number of aromatic nitrogens is 3. The van der Waals surface area contributed by atoms with Gasteiger partial charge >= 0.3 is 0 Å². The summed E-state index contributed by atoms with van der Waals surface area (Å²) < 4.78 is 20.1. The molecule has 20 heavy (non-hydrogen) atoms. The van der Waals surface area contributed by atoms with Crippen LogP contribution in [-0.2, 0) is 13.1 Å². The summed E-state index contributed by atoms with van der Waals surface area (Å²) in [5.74, 6) is 1.48. The maximum atomic E-state index is 13.1. The Hall–Kier alpha value is -2.11. The van der Waals surface area contributed by atoms with Crippen LogP contribution in [0.1, 0.15) is 19.7 Å². The molecule has 0 radical (unpaired) electrons. The molecule has 1 heterocycles. The number of nitrogens with zero attached hydrogens (tertiary/aromatic N) is 3. The van der Waals surface area contributed by atoms with Crippen LogP contribution in [0.4, 0.5) is 10.1 Å². The number of hydrogen-bond acceptors (Lipinski definition) is 4. The maximum Gasteiger partial charge on any atom is 0.146 e. The van der Waals surface area contributed by atoms with E-state index in [1.54, 1.807) is 12.4 Å². The number of halogens is 1. The molecule has 5 nitrogen and oxygen atoms in total. The van der Waals surface area contributed by atoms with Gasteiger partial charge in [0, 0.05) is 12.6 Å². The number of ether oxygens (including phenoxy) is 1. The zero-order valence-corrected chi connectivity index (χ0v) is 11.9. The van der Waals surface area contributed by atoms with Crippen molar-refractivity contribution in [1.29, 1.82) is 0 Å². The highest BCUT2D eigenvalue weighted by molar-refractivity contribution is 5.56. The summed E-state index contributed by atoms with van der Waals surface area (Å²) in [4.78, 5) is 4.23. The van der Waals surface area contributed by atoms with Gasteiger partial charge in [0.15, 0.2) is 0 Å². The van der Waals surface area contributed by atoms with Gasteiger partial charge in [0.2, 0.25) is 0 Å². The van der Waals surface area contributed by atoms with Crippen LogP contribution in [0.2, 0.25) is 0 Å². The van der Waals surface area contributed by atoms with E-state index in [2.05, 4.69) is 29.2 Å². The lowest BCUT2D eigenvalue weighted by molar-refractivity contribution is 0.412. The largest absolute Gasteiger partial charge is 0.494 e. The van der Waals surface area contributed by atoms with E-state index in [1.807, 2.05) is 4.68 Å². The Bertz CT molecular complexity index is 568. The van der Waals surface area contributed by atoms with Crippen molar-refractivity contribution in [2.45, 2.75) is 26.9 Å². The summed E-state index contributed by atoms with van der Waals surface area (Å²) in [6.45, 7) is 5.58. The summed E-state index contributed by atoms with van der Waals surface area (Å²) in [7, 11) is 1.52. The number of hydrogen-bond donors (Lipinski definition) is 1. The third-order valence-corrected chi connectivity index (χ3v) is 2.83. The van der Waals surface area contributed by atoms with E-state index in [1.165, 1.54) is 19.2 Å². The highest BCUT2D eigenvalue weighted by Gasteiger charge is 2.08. The van der Waals surface area contributed by atoms with E-state index >= 15 is 0 Å². The van der Waals surface area contributed by atoms with Crippen LogP contribution in [0, 0.1) is 11.7 Å². The van der Waals surface area contributed by atoms with Crippen molar-refractivity contribution >= 4 is 5.69 Å². The van der Waals surface area contributed by atoms with Crippen LogP contribution in [-0.4, -0.2) is 21.9 Å². The molecular weight excluding hydrogens is 259 g/mol. The lowest BCUT2D eigenvalue weighted by Gasteiger charge is -2.12. The Kier molecular flexibility index (Phi) is 4.55. The Morgan fingerprint density at radius 2 is 2.20 bits per heavy atom. The summed E-state index contributed by atoms with van der Waals surface area (Å²) in [6.07, 6.45) is 1.54. The molecule has 1 aromatic heterocycles. The van der Waals surface area contributed by atoms with Gasteiger partial charge in [-0.05, 0) is 18.1 Å². The highest BCUT2D eigenvalue weighted by atomic mass is 19.1. The van der Waals surface area contributed by atoms with Gasteiger partial charge in [0.1, 0.15) is 23.7 Å². The van der Waals surface area contributed by atoms with Crippen molar-refractivity contribution in [3.8, 4) is 5.75 Å². The second-order valence-electron chi connectivity index (χ2n) is 4.95. The maximum absolute atomic E-state index is 13.1. The lowest BCUT2D eigenvalue weighted by Crippen LogP contribution is -2.13. The van der Waals surface area contributed by atoms with E-state index in [9.17, 15) is 4.39 Å². The predicted molar refractivity (Wildman–Crippen MR) is 75.1 cm³/mol. The topological polar surface area (TPSA) is 52.0 Å². The van der Waals surface area contributed by atoms with Crippen LogP contribution in [0.5, 0.6) is 5.75 Å². The summed E-state index contributed by atoms with van der Waals surface area (Å²) in [6, 6.07) is 4.39. The molecule has 6 heteroatoms. The molecular formula is C14H19FN4O. The zero-order chi connectivity index (χ0) is 14.5. The van der Waals surface area contributed by atoms with Crippen LogP contribution in [0.15, 0.2) is 24.5 Å². The molecule has 0 aliphatic carbocycles. The van der Waals surface area contributed by atoms with Crippen molar-refractivity contribution in [3.63, 3.8) is 0 Å². The number of methoxy groups -OCH3 is 1. The van der Waals surface area contributed by atoms with Crippen LogP contribution in [0.3, 0.4) is 0 Å². The van der Waals surface area contributed by atoms with Crippen LogP contribution in [0.25, 0.3) is 0 Å². The van der Waals surface area contributed by atoms with E-state index in [4.69, 9.17) is 4.74 Å². The van der Waals surface area contributed by atoms with E-state index in [-0.39, 0.29) is 5.82 Å². The second-order valence-corrected chi connectivity index (χ2v) is 4.95. The van der Waals surface area contributed by atoms with Crippen molar-refractivity contribution < 1.29 is 9.13 Å². The summed E-state index contributed by atoms with van der Waals surface area (Å²) in [5.41, 5.74) is 0.730. The van der Waals surface area contributed by atoms with Crippen molar-refractivity contribution in [1.82, 2.24) is 14.8 Å². The molecule has 0 unspecified atom stereocenters. The molecule has 108 valence electrons. The third-order valence-electron chi connectivity index (χ3n) is 2.83. The smallest absolute Gasteiger partial charge is 0.146 e. The lowest BCUT2D eigenvalue weighted by atomic mass is 10.2. The van der Waals surface area contributed by atoms with Gasteiger partial charge in [-0.25, -0.2) is 14.1 Å². The monoisotopic (exact) mass is 278 g/mol. The fraction of sp³-hybridized carbons (Fsp3) is 0.429. The minimum atomic E-state index is -0.324. The van der Waals surface area contributed by atoms with Gasteiger partial charge in [-0.2, -0.15) is 5.10 Å². The van der Waals surface area contributed by atoms with Gasteiger partial charge in [0.05, 0.1) is 19.3 Å². The SMILES string of the molecule is COc1cc(F)ccc1NCc1ncnn1CC(C)C. The highest BCUT2D eigenvalue weighted by Crippen LogP contribution is 2.25. The normalized spacial score (nSPS) is 10.8. The summed E-state index contributed by atoms with van der Waals surface area (Å²) in [5, 5.41) is 7.39. The van der Waals surface area contributed by atoms with Crippen molar-refractivity contribution in [3.05, 3.63) is 36.2 Å². The molecule has 0 saturated carbocycles. The average molecular weight is 278 g/mol. The van der Waals surface area contributed by atoms with E-state index < -0.39 is 0 Å². The molecule has 0 atom stereocenters. The number of benzene rings is 1. The molecule has 2 aromatic rings. The molecule has 0 bridgehead atoms. The average Bonchev–Trinajstić information content (AvgIpc) is 2.83. The molecule has 1 aromatic carbocycles. The zero-order valence-electron chi connectivity index (χ0n) is 11.9. The standard InChI is InChI=1S/C14H19FN4O/c1-10(2)8-19-14(17-9-18-19)7-16-12-5-4-11(15)6-13(12)20-3/h4-6,9-10,16H,7-8H2,1-3H3. The molecule has 2 rings (SSSR count). The number of anilines is 1. The number of rotatable bonds is 6. The van der Waals surface area contributed by atoms with Crippen molar-refractivity contribution in [2.75, 3.05) is 12.4 Å². The first-order chi connectivity index (χ1) is 9.60. The van der Waals surface area contributed by atoms with E-state index in [0.29, 0.717) is 18.2 Å². The van der Waals surface area contributed by atoms with Gasteiger partial charge in [-0.1, -0.05) is 13.8 Å². The molecule has 0 amide bonds. The molecule has 0 fully saturated rings. The first kappa shape index (κ1) is 14.3. The van der Waals surface area contributed by atoms with Gasteiger partial charge in [-0.15, -0.1) is 0 Å². The van der Waals surface area contributed by atoms with Gasteiger partial charge < -0.3 is 10.1 Å². The fourth-order valence-corrected chi connectivity index (χ4v) is 1.91. The Labute approximate surface area is 117 Å². The molecule has 1 N–H and O–H groups in total. The molecule has 0 spiro atoms. The molecule has 0 aliphatic heterocycles. The quantitative estimate of drug-likeness (QED) is 0.882. The first-order valence-electron chi connectivity index (χ1n) is 6.54. The van der Waals surface area contributed by atoms with Crippen LogP contribution < -0.4 is 10.1 Å². The van der Waals surface area contributed by atoms with Gasteiger partial charge in [-0.3, -0.25) is 0 Å². The Balaban J connectivity index is 2.07. The predicted octanol–water partition coefficient (Wildman–Crippen LogP) is 2.69. The van der Waals surface area contributed by atoms with Gasteiger partial charge in [0.25, 0.3) is 0 Å². The fourth-order valence-electron chi connectivity index (χ4n) is 1.91. The molecule has 0 saturated heterocycles. The minimum Gasteiger partial charge on any atom is -0.494 e. The number of nitrogens with one attached hydrogen (secondary N) is 1. The minimum absolute atomic E-state index is 0.324. The first-order valence-corrected chi connectivity index (χ1v) is 6.54. The van der Waals surface area contributed by atoms with Crippen LogP contribution >= 0.6 is 0 Å². The third kappa shape index (κ3) is 3.46. The van der Waals surface area contributed by atoms with E-state index in [0.717, 1.165) is 18.1 Å². The Morgan fingerprint density at radius 3 is 2.90 bits per heavy atom. The second kappa shape index (κ2) is 6.36. The van der Waals surface area contributed by atoms with Crippen molar-refractivity contribution in [2.24, 2.45) is 5.92 Å². The molecule has 0 aliphatic rings.